The molecule has 0 spiro atoms. The molecule has 0 radical (unpaired) electrons. The summed E-state index contributed by atoms with van der Waals surface area (Å²) in [5.74, 6) is 8.93. The van der Waals surface area contributed by atoms with E-state index in [0.717, 1.165) is 44.1 Å². The molecule has 4 rings (SSSR count). The molecule has 26 heavy (non-hydrogen) atoms. The molecule has 0 amide bonds. The second-order valence-corrected chi connectivity index (χ2v) is 8.99. The van der Waals surface area contributed by atoms with E-state index in [1.807, 2.05) is 6.08 Å². The molecule has 0 aromatic heterocycles. The predicted octanol–water partition coefficient (Wildman–Crippen LogP) is 4.93. The molecule has 136 valence electrons. The van der Waals surface area contributed by atoms with Crippen LogP contribution in [0.3, 0.4) is 0 Å². The number of nitriles is 1. The van der Waals surface area contributed by atoms with Crippen molar-refractivity contribution in [3.8, 4) is 17.9 Å². The van der Waals surface area contributed by atoms with Gasteiger partial charge in [0.25, 0.3) is 0 Å². The van der Waals surface area contributed by atoms with Crippen LogP contribution in [0.4, 0.5) is 0 Å². The van der Waals surface area contributed by atoms with Crippen molar-refractivity contribution in [1.82, 2.24) is 0 Å². The van der Waals surface area contributed by atoms with Gasteiger partial charge in [-0.2, -0.15) is 5.26 Å². The summed E-state index contributed by atoms with van der Waals surface area (Å²) in [7, 11) is 0. The quantitative estimate of drug-likeness (QED) is 0.437. The van der Waals surface area contributed by atoms with E-state index in [-0.39, 0.29) is 5.41 Å². The summed E-state index contributed by atoms with van der Waals surface area (Å²) in [6.07, 6.45) is 14.5. The third-order valence-electron chi connectivity index (χ3n) is 7.62. The van der Waals surface area contributed by atoms with Gasteiger partial charge in [0, 0.05) is 11.3 Å². The van der Waals surface area contributed by atoms with Crippen molar-refractivity contribution in [2.24, 2.45) is 29.1 Å². The first-order valence-corrected chi connectivity index (χ1v) is 10.2. The summed E-state index contributed by atoms with van der Waals surface area (Å²) in [6, 6.07) is 2.33. The number of hydrogen-bond acceptors (Lipinski definition) is 2. The molecule has 3 fully saturated rings. The largest absolute Gasteiger partial charge is 0.377 e. The lowest BCUT2D eigenvalue weighted by molar-refractivity contribution is -0.0687. The van der Waals surface area contributed by atoms with Crippen LogP contribution < -0.4 is 0 Å². The first kappa shape index (κ1) is 17.6. The first-order chi connectivity index (χ1) is 12.5. The molecule has 2 heteroatoms. The van der Waals surface area contributed by atoms with E-state index in [9.17, 15) is 10.4 Å². The summed E-state index contributed by atoms with van der Waals surface area (Å²) in [6.45, 7) is 6.02. The van der Waals surface area contributed by atoms with Crippen LogP contribution in [0, 0.1) is 52.3 Å². The molecule has 5 atom stereocenters. The molecule has 3 saturated carbocycles. The molecule has 4 aliphatic carbocycles. The number of allylic oxidation sites excluding steroid dienone is 5. The molecule has 1 N–H and O–H groups in total. The van der Waals surface area contributed by atoms with Gasteiger partial charge in [-0.15, -0.1) is 0 Å². The topological polar surface area (TPSA) is 44.0 Å². The normalized spacial score (nSPS) is 41.8. The minimum Gasteiger partial charge on any atom is -0.377 e. The highest BCUT2D eigenvalue weighted by molar-refractivity contribution is 5.45. The Labute approximate surface area is 157 Å². The van der Waals surface area contributed by atoms with Gasteiger partial charge >= 0.3 is 0 Å². The average Bonchev–Trinajstić information content (AvgIpc) is 3.43. The number of aliphatic hydroxyl groups is 1. The van der Waals surface area contributed by atoms with E-state index in [1.165, 1.54) is 18.4 Å². The van der Waals surface area contributed by atoms with Gasteiger partial charge in [-0.3, -0.25) is 0 Å². The number of nitrogens with zero attached hydrogens (tertiary/aromatic N) is 1. The summed E-state index contributed by atoms with van der Waals surface area (Å²) in [5.41, 5.74) is 1.09. The van der Waals surface area contributed by atoms with Gasteiger partial charge in [-0.05, 0) is 80.8 Å². The number of hydrogen-bond donors (Lipinski definition) is 1. The molecule has 2 nitrogen and oxygen atoms in total. The van der Waals surface area contributed by atoms with Crippen LogP contribution in [0.2, 0.25) is 0 Å². The monoisotopic (exact) mass is 347 g/mol. The summed E-state index contributed by atoms with van der Waals surface area (Å²) >= 11 is 0. The van der Waals surface area contributed by atoms with Gasteiger partial charge in [0.2, 0.25) is 0 Å². The summed E-state index contributed by atoms with van der Waals surface area (Å²) in [4.78, 5) is 0. The van der Waals surface area contributed by atoms with Crippen LogP contribution in [-0.2, 0) is 0 Å². The summed E-state index contributed by atoms with van der Waals surface area (Å²) < 4.78 is 0. The highest BCUT2D eigenvalue weighted by Crippen LogP contribution is 2.62. The predicted molar refractivity (Wildman–Crippen MR) is 104 cm³/mol. The van der Waals surface area contributed by atoms with Crippen LogP contribution >= 0.6 is 0 Å². The van der Waals surface area contributed by atoms with Crippen LogP contribution in [0.5, 0.6) is 0 Å². The molecular formula is C24H29NO. The van der Waals surface area contributed by atoms with Gasteiger partial charge in [-0.25, -0.2) is 0 Å². The Hall–Kier alpha value is -1.77. The van der Waals surface area contributed by atoms with Crippen molar-refractivity contribution in [3.63, 3.8) is 0 Å². The van der Waals surface area contributed by atoms with Gasteiger partial charge in [0.1, 0.15) is 5.60 Å². The molecule has 0 aromatic carbocycles. The standard InChI is InChI=1S/C24H29NO/c1-3-4-20(16-25)18-7-8-21-19(15-18)10-12-23(2)22(21)11-14-24(23,26)13-9-17-5-6-17/h3-4,15,17,19,21-22,26H,1,5-8,10-12,14H2,2H3/b20-4-/t19?,21?,22?,23?,24-/m0/s1. The zero-order valence-electron chi connectivity index (χ0n) is 15.8. The Morgan fingerprint density at radius 2 is 2.08 bits per heavy atom. The van der Waals surface area contributed by atoms with E-state index in [4.69, 9.17) is 0 Å². The molecule has 0 saturated heterocycles. The van der Waals surface area contributed by atoms with Gasteiger partial charge < -0.3 is 5.11 Å². The Morgan fingerprint density at radius 1 is 1.27 bits per heavy atom. The van der Waals surface area contributed by atoms with E-state index < -0.39 is 5.60 Å². The molecule has 0 aliphatic heterocycles. The van der Waals surface area contributed by atoms with E-state index in [0.29, 0.717) is 23.7 Å². The summed E-state index contributed by atoms with van der Waals surface area (Å²) in [5, 5.41) is 20.8. The fourth-order valence-corrected chi connectivity index (χ4v) is 5.83. The van der Waals surface area contributed by atoms with Crippen molar-refractivity contribution in [3.05, 3.63) is 36.0 Å². The van der Waals surface area contributed by atoms with Crippen molar-refractivity contribution in [2.45, 2.75) is 63.9 Å². The fraction of sp³-hybridized carbons (Fsp3) is 0.625. The Kier molecular flexibility index (Phi) is 4.37. The maximum absolute atomic E-state index is 11.4. The second-order valence-electron chi connectivity index (χ2n) is 8.99. The van der Waals surface area contributed by atoms with Gasteiger partial charge in [0.15, 0.2) is 0 Å². The number of fused-ring (bicyclic) bond motifs is 3. The zero-order chi connectivity index (χ0) is 18.4. The molecule has 0 heterocycles. The third kappa shape index (κ3) is 2.76. The lowest BCUT2D eigenvalue weighted by Crippen LogP contribution is -2.50. The average molecular weight is 348 g/mol. The van der Waals surface area contributed by atoms with Crippen LogP contribution in [0.15, 0.2) is 36.0 Å². The minimum atomic E-state index is -0.796. The molecule has 0 bridgehead atoms. The first-order valence-electron chi connectivity index (χ1n) is 10.2. The molecular weight excluding hydrogens is 318 g/mol. The lowest BCUT2D eigenvalue weighted by atomic mass is 9.54. The zero-order valence-corrected chi connectivity index (χ0v) is 15.8. The van der Waals surface area contributed by atoms with E-state index in [2.05, 4.69) is 37.5 Å². The number of rotatable bonds is 2. The Morgan fingerprint density at radius 3 is 2.77 bits per heavy atom. The highest BCUT2D eigenvalue weighted by Gasteiger charge is 2.60. The maximum atomic E-state index is 11.4. The highest BCUT2D eigenvalue weighted by atomic mass is 16.3. The van der Waals surface area contributed by atoms with Crippen molar-refractivity contribution in [2.75, 3.05) is 0 Å². The smallest absolute Gasteiger partial charge is 0.131 e. The van der Waals surface area contributed by atoms with E-state index >= 15 is 0 Å². The van der Waals surface area contributed by atoms with Gasteiger partial charge in [-0.1, -0.05) is 37.5 Å². The third-order valence-corrected chi connectivity index (χ3v) is 7.62. The van der Waals surface area contributed by atoms with E-state index in [1.54, 1.807) is 6.08 Å². The Balaban J connectivity index is 1.58. The Bertz CT molecular complexity index is 768. The molecule has 4 unspecified atom stereocenters. The van der Waals surface area contributed by atoms with Crippen molar-refractivity contribution < 1.29 is 5.11 Å². The van der Waals surface area contributed by atoms with Crippen molar-refractivity contribution >= 4 is 0 Å². The molecule has 0 aromatic rings. The van der Waals surface area contributed by atoms with Crippen molar-refractivity contribution in [1.29, 1.82) is 5.26 Å². The minimum absolute atomic E-state index is 0.0730. The van der Waals surface area contributed by atoms with Gasteiger partial charge in [0.05, 0.1) is 11.6 Å². The van der Waals surface area contributed by atoms with Crippen LogP contribution in [-0.4, -0.2) is 10.7 Å². The second kappa shape index (κ2) is 6.44. The fourth-order valence-electron chi connectivity index (χ4n) is 5.83. The van der Waals surface area contributed by atoms with Crippen LogP contribution in [0.1, 0.15) is 58.3 Å². The lowest BCUT2D eigenvalue weighted by Gasteiger charge is -2.51. The molecule has 4 aliphatic rings. The maximum Gasteiger partial charge on any atom is 0.131 e. The SMILES string of the molecule is C=C/C=C(/C#N)C1=CC2CCC3(C)C(CC[C@@]3(O)C#CC3CC3)C2CC1. The van der Waals surface area contributed by atoms with Crippen LogP contribution in [0.25, 0.3) is 0 Å².